The molecule has 0 aliphatic heterocycles. The van der Waals surface area contributed by atoms with E-state index in [1.165, 1.54) is 23.1 Å². The molecule has 0 radical (unpaired) electrons. The Morgan fingerprint density at radius 3 is 2.75 bits per heavy atom. The molecule has 6 nitrogen and oxygen atoms in total. The summed E-state index contributed by atoms with van der Waals surface area (Å²) in [5.74, 6) is 0.355. The van der Waals surface area contributed by atoms with Crippen molar-refractivity contribution in [3.8, 4) is 0 Å². The Morgan fingerprint density at radius 2 is 2.12 bits per heavy atom. The van der Waals surface area contributed by atoms with Gasteiger partial charge in [0.1, 0.15) is 5.82 Å². The third-order valence-corrected chi connectivity index (χ3v) is 2.04. The minimum atomic E-state index is -0.154. The molecule has 0 amide bonds. The highest BCUT2D eigenvalue weighted by Gasteiger charge is 2.01. The molecule has 2 rings (SSSR count). The van der Waals surface area contributed by atoms with Gasteiger partial charge in [-0.05, 0) is 12.5 Å². The van der Waals surface area contributed by atoms with Gasteiger partial charge in [0.2, 0.25) is 0 Å². The zero-order valence-corrected chi connectivity index (χ0v) is 8.79. The normalized spacial score (nSPS) is 10.3. The second kappa shape index (κ2) is 4.09. The SMILES string of the molecule is Cc1cnn(Cc2cnc(N)cn2)c(=O)c1. The molecule has 82 valence electrons. The lowest BCUT2D eigenvalue weighted by Gasteiger charge is -2.03. The summed E-state index contributed by atoms with van der Waals surface area (Å²) in [5.41, 5.74) is 6.74. The molecule has 0 spiro atoms. The van der Waals surface area contributed by atoms with Crippen molar-refractivity contribution in [2.24, 2.45) is 0 Å². The van der Waals surface area contributed by atoms with E-state index in [9.17, 15) is 4.79 Å². The minimum Gasteiger partial charge on any atom is -0.382 e. The Kier molecular flexibility index (Phi) is 2.63. The lowest BCUT2D eigenvalue weighted by Crippen LogP contribution is -2.23. The summed E-state index contributed by atoms with van der Waals surface area (Å²) < 4.78 is 1.33. The van der Waals surface area contributed by atoms with Gasteiger partial charge in [-0.1, -0.05) is 0 Å². The second-order valence-electron chi connectivity index (χ2n) is 3.46. The second-order valence-corrected chi connectivity index (χ2v) is 3.46. The standard InChI is InChI=1S/C10H11N5O/c1-7-2-10(16)15(14-3-7)6-8-4-13-9(11)5-12-8/h2-5H,6H2,1H3,(H2,11,13). The quantitative estimate of drug-likeness (QED) is 0.763. The number of hydrogen-bond acceptors (Lipinski definition) is 5. The number of nitrogens with zero attached hydrogens (tertiary/aromatic N) is 4. The van der Waals surface area contributed by atoms with Crippen LogP contribution in [0.4, 0.5) is 5.82 Å². The highest BCUT2D eigenvalue weighted by atomic mass is 16.1. The van der Waals surface area contributed by atoms with E-state index in [0.717, 1.165) is 5.56 Å². The first-order valence-electron chi connectivity index (χ1n) is 4.75. The highest BCUT2D eigenvalue weighted by molar-refractivity contribution is 5.22. The topological polar surface area (TPSA) is 86.7 Å². The minimum absolute atomic E-state index is 0.154. The first-order valence-corrected chi connectivity index (χ1v) is 4.75. The van der Waals surface area contributed by atoms with Gasteiger partial charge in [0.05, 0.1) is 30.8 Å². The zero-order valence-electron chi connectivity index (χ0n) is 8.79. The number of aromatic nitrogens is 4. The van der Waals surface area contributed by atoms with Gasteiger partial charge in [-0.25, -0.2) is 9.67 Å². The maximum Gasteiger partial charge on any atom is 0.267 e. The molecule has 2 N–H and O–H groups in total. The Bertz CT molecular complexity index is 546. The lowest BCUT2D eigenvalue weighted by atomic mass is 10.3. The molecule has 0 unspecified atom stereocenters. The average Bonchev–Trinajstić information content (AvgIpc) is 2.25. The maximum atomic E-state index is 11.5. The summed E-state index contributed by atoms with van der Waals surface area (Å²) in [7, 11) is 0. The van der Waals surface area contributed by atoms with Gasteiger partial charge in [-0.3, -0.25) is 9.78 Å². The average molecular weight is 217 g/mol. The van der Waals surface area contributed by atoms with Crippen molar-refractivity contribution in [1.29, 1.82) is 0 Å². The van der Waals surface area contributed by atoms with Crippen LogP contribution < -0.4 is 11.3 Å². The Hall–Kier alpha value is -2.24. The van der Waals surface area contributed by atoms with Crippen LogP contribution in [0.1, 0.15) is 11.3 Å². The third-order valence-electron chi connectivity index (χ3n) is 2.04. The smallest absolute Gasteiger partial charge is 0.267 e. The molecule has 16 heavy (non-hydrogen) atoms. The molecular weight excluding hydrogens is 206 g/mol. The summed E-state index contributed by atoms with van der Waals surface area (Å²) in [5, 5.41) is 4.00. The monoisotopic (exact) mass is 217 g/mol. The largest absolute Gasteiger partial charge is 0.382 e. The van der Waals surface area contributed by atoms with Crippen LogP contribution in [-0.2, 0) is 6.54 Å². The highest BCUT2D eigenvalue weighted by Crippen LogP contribution is 1.97. The van der Waals surface area contributed by atoms with E-state index in [2.05, 4.69) is 15.1 Å². The zero-order chi connectivity index (χ0) is 11.5. The van der Waals surface area contributed by atoms with Crippen molar-refractivity contribution in [2.75, 3.05) is 5.73 Å². The molecule has 0 saturated carbocycles. The fourth-order valence-electron chi connectivity index (χ4n) is 1.24. The molecule has 2 aromatic rings. The van der Waals surface area contributed by atoms with E-state index >= 15 is 0 Å². The van der Waals surface area contributed by atoms with Gasteiger partial charge in [0, 0.05) is 6.07 Å². The van der Waals surface area contributed by atoms with Crippen LogP contribution >= 0.6 is 0 Å². The first-order chi connectivity index (χ1) is 7.65. The van der Waals surface area contributed by atoms with Crippen LogP contribution in [0.3, 0.4) is 0 Å². The molecule has 2 aromatic heterocycles. The Balaban J connectivity index is 2.27. The van der Waals surface area contributed by atoms with Crippen LogP contribution in [0, 0.1) is 6.92 Å². The Morgan fingerprint density at radius 1 is 1.31 bits per heavy atom. The van der Waals surface area contributed by atoms with Crippen molar-refractivity contribution in [3.63, 3.8) is 0 Å². The number of rotatable bonds is 2. The van der Waals surface area contributed by atoms with Gasteiger partial charge in [0.15, 0.2) is 0 Å². The predicted octanol–water partition coefficient (Wildman–Crippen LogP) is -0.0278. The van der Waals surface area contributed by atoms with Crippen molar-refractivity contribution in [2.45, 2.75) is 13.5 Å². The number of nitrogen functional groups attached to an aromatic ring is 1. The molecule has 6 heteroatoms. The van der Waals surface area contributed by atoms with Crippen molar-refractivity contribution < 1.29 is 0 Å². The fourth-order valence-corrected chi connectivity index (χ4v) is 1.24. The van der Waals surface area contributed by atoms with Crippen LogP contribution in [-0.4, -0.2) is 19.7 Å². The molecule has 0 aromatic carbocycles. The van der Waals surface area contributed by atoms with Crippen molar-refractivity contribution in [1.82, 2.24) is 19.7 Å². The summed E-state index contributed by atoms with van der Waals surface area (Å²) in [4.78, 5) is 19.5. The van der Waals surface area contributed by atoms with E-state index in [0.29, 0.717) is 18.1 Å². The van der Waals surface area contributed by atoms with Crippen LogP contribution in [0.5, 0.6) is 0 Å². The van der Waals surface area contributed by atoms with Crippen molar-refractivity contribution >= 4 is 5.82 Å². The molecule has 0 bridgehead atoms. The molecule has 0 saturated heterocycles. The van der Waals surface area contributed by atoms with Gasteiger partial charge in [0.25, 0.3) is 5.56 Å². The fraction of sp³-hybridized carbons (Fsp3) is 0.200. The Labute approximate surface area is 91.8 Å². The molecule has 0 fully saturated rings. The number of anilines is 1. The van der Waals surface area contributed by atoms with Gasteiger partial charge in [-0.2, -0.15) is 5.10 Å². The molecule has 0 atom stereocenters. The molecular formula is C10H11N5O. The lowest BCUT2D eigenvalue weighted by molar-refractivity contribution is 0.623. The molecule has 2 heterocycles. The van der Waals surface area contributed by atoms with E-state index in [1.54, 1.807) is 6.20 Å². The van der Waals surface area contributed by atoms with Gasteiger partial charge >= 0.3 is 0 Å². The summed E-state index contributed by atoms with van der Waals surface area (Å²) >= 11 is 0. The van der Waals surface area contributed by atoms with Crippen LogP contribution in [0.2, 0.25) is 0 Å². The van der Waals surface area contributed by atoms with Crippen LogP contribution in [0.15, 0.2) is 29.5 Å². The van der Waals surface area contributed by atoms with E-state index in [4.69, 9.17) is 5.73 Å². The summed E-state index contributed by atoms with van der Waals surface area (Å²) in [6, 6.07) is 1.53. The van der Waals surface area contributed by atoms with Crippen LogP contribution in [0.25, 0.3) is 0 Å². The van der Waals surface area contributed by atoms with E-state index < -0.39 is 0 Å². The van der Waals surface area contributed by atoms with E-state index in [1.807, 2.05) is 6.92 Å². The summed E-state index contributed by atoms with van der Waals surface area (Å²) in [6.45, 7) is 2.12. The van der Waals surface area contributed by atoms with Crippen molar-refractivity contribution in [3.05, 3.63) is 46.3 Å². The number of nitrogens with two attached hydrogens (primary N) is 1. The van der Waals surface area contributed by atoms with Gasteiger partial charge < -0.3 is 5.73 Å². The molecule has 0 aliphatic carbocycles. The van der Waals surface area contributed by atoms with E-state index in [-0.39, 0.29) is 5.56 Å². The predicted molar refractivity (Wildman–Crippen MR) is 58.8 cm³/mol. The first kappa shape index (κ1) is 10.3. The number of hydrogen-bond donors (Lipinski definition) is 1. The number of aryl methyl sites for hydroxylation is 1. The third kappa shape index (κ3) is 2.22. The summed E-state index contributed by atoms with van der Waals surface area (Å²) in [6.07, 6.45) is 4.62. The molecule has 0 aliphatic rings. The maximum absolute atomic E-state index is 11.5. The van der Waals surface area contributed by atoms with Gasteiger partial charge in [-0.15, -0.1) is 0 Å².